The van der Waals surface area contributed by atoms with Gasteiger partial charge in [0.05, 0.1) is 0 Å². The molecule has 0 unspecified atom stereocenters. The SMILES string of the molecule is C[C@@H](NCCCc1ccccc1Cl)c1cccc(O)c1.Cl. The van der Waals surface area contributed by atoms with Gasteiger partial charge in [0.25, 0.3) is 0 Å². The number of nitrogens with one attached hydrogen (secondary N) is 1. The zero-order valence-corrected chi connectivity index (χ0v) is 13.6. The Balaban J connectivity index is 0.00000220. The van der Waals surface area contributed by atoms with E-state index in [0.29, 0.717) is 5.75 Å². The number of phenols is 1. The van der Waals surface area contributed by atoms with Gasteiger partial charge in [0.1, 0.15) is 5.75 Å². The number of rotatable bonds is 6. The van der Waals surface area contributed by atoms with Crippen molar-refractivity contribution in [3.05, 3.63) is 64.7 Å². The van der Waals surface area contributed by atoms with Crippen LogP contribution in [0.2, 0.25) is 5.02 Å². The van der Waals surface area contributed by atoms with E-state index in [1.54, 1.807) is 12.1 Å². The molecule has 2 N–H and O–H groups in total. The Hall–Kier alpha value is -1.22. The van der Waals surface area contributed by atoms with Gasteiger partial charge in [-0.2, -0.15) is 0 Å². The van der Waals surface area contributed by atoms with E-state index in [-0.39, 0.29) is 18.4 Å². The average Bonchev–Trinajstić information content (AvgIpc) is 2.45. The van der Waals surface area contributed by atoms with Crippen molar-refractivity contribution in [1.29, 1.82) is 0 Å². The number of phenolic OH excluding ortho intramolecular Hbond substituents is 1. The first-order valence-corrected chi connectivity index (χ1v) is 7.30. The van der Waals surface area contributed by atoms with E-state index in [4.69, 9.17) is 11.6 Å². The van der Waals surface area contributed by atoms with Crippen LogP contribution in [0.25, 0.3) is 0 Å². The van der Waals surface area contributed by atoms with E-state index in [9.17, 15) is 5.11 Å². The van der Waals surface area contributed by atoms with Gasteiger partial charge in [-0.25, -0.2) is 0 Å². The molecule has 2 aromatic rings. The molecule has 0 radical (unpaired) electrons. The summed E-state index contributed by atoms with van der Waals surface area (Å²) >= 11 is 6.13. The fraction of sp³-hybridized carbons (Fsp3) is 0.294. The summed E-state index contributed by atoms with van der Waals surface area (Å²) in [4.78, 5) is 0. The zero-order valence-electron chi connectivity index (χ0n) is 12.1. The fourth-order valence-electron chi connectivity index (χ4n) is 2.21. The summed E-state index contributed by atoms with van der Waals surface area (Å²) in [7, 11) is 0. The van der Waals surface area contributed by atoms with Crippen molar-refractivity contribution in [3.8, 4) is 5.75 Å². The summed E-state index contributed by atoms with van der Waals surface area (Å²) in [6, 6.07) is 15.6. The molecule has 2 aromatic carbocycles. The molecule has 0 aliphatic carbocycles. The first-order valence-electron chi connectivity index (χ1n) is 6.92. The first kappa shape index (κ1) is 17.8. The Kier molecular flexibility index (Phi) is 7.58. The second-order valence-corrected chi connectivity index (χ2v) is 5.37. The lowest BCUT2D eigenvalue weighted by Crippen LogP contribution is -2.20. The molecule has 0 aliphatic rings. The number of benzene rings is 2. The van der Waals surface area contributed by atoms with Gasteiger partial charge in [-0.3, -0.25) is 0 Å². The molecular formula is C17H21Cl2NO. The average molecular weight is 326 g/mol. The minimum Gasteiger partial charge on any atom is -0.508 e. The van der Waals surface area contributed by atoms with Crippen LogP contribution in [0.3, 0.4) is 0 Å². The van der Waals surface area contributed by atoms with Gasteiger partial charge >= 0.3 is 0 Å². The van der Waals surface area contributed by atoms with Crippen molar-refractivity contribution in [1.82, 2.24) is 5.32 Å². The van der Waals surface area contributed by atoms with Crippen molar-refractivity contribution in [3.63, 3.8) is 0 Å². The van der Waals surface area contributed by atoms with Crippen LogP contribution < -0.4 is 5.32 Å². The molecule has 1 atom stereocenters. The van der Waals surface area contributed by atoms with Gasteiger partial charge in [0.15, 0.2) is 0 Å². The maximum atomic E-state index is 9.47. The second kappa shape index (κ2) is 8.93. The predicted molar refractivity (Wildman–Crippen MR) is 91.5 cm³/mol. The van der Waals surface area contributed by atoms with Crippen LogP contribution in [0.5, 0.6) is 5.75 Å². The van der Waals surface area contributed by atoms with Crippen LogP contribution in [0, 0.1) is 0 Å². The highest BCUT2D eigenvalue weighted by molar-refractivity contribution is 6.31. The van der Waals surface area contributed by atoms with Crippen LogP contribution in [0.15, 0.2) is 48.5 Å². The number of aromatic hydroxyl groups is 1. The smallest absolute Gasteiger partial charge is 0.115 e. The van der Waals surface area contributed by atoms with Gasteiger partial charge in [-0.1, -0.05) is 41.9 Å². The van der Waals surface area contributed by atoms with Gasteiger partial charge in [-0.05, 0) is 55.6 Å². The molecule has 0 fully saturated rings. The van der Waals surface area contributed by atoms with E-state index in [1.807, 2.05) is 30.3 Å². The molecule has 114 valence electrons. The highest BCUT2D eigenvalue weighted by Crippen LogP contribution is 2.18. The Morgan fingerprint density at radius 1 is 1.14 bits per heavy atom. The number of hydrogen-bond donors (Lipinski definition) is 2. The third-order valence-electron chi connectivity index (χ3n) is 3.40. The molecule has 2 nitrogen and oxygen atoms in total. The van der Waals surface area contributed by atoms with E-state index < -0.39 is 0 Å². The highest BCUT2D eigenvalue weighted by atomic mass is 35.5. The highest BCUT2D eigenvalue weighted by Gasteiger charge is 2.05. The molecule has 0 heterocycles. The maximum absolute atomic E-state index is 9.47. The quantitative estimate of drug-likeness (QED) is 0.751. The van der Waals surface area contributed by atoms with E-state index in [2.05, 4.69) is 18.3 Å². The molecule has 21 heavy (non-hydrogen) atoms. The predicted octanol–water partition coefficient (Wildman–Crippen LogP) is 4.75. The Morgan fingerprint density at radius 2 is 1.90 bits per heavy atom. The molecular weight excluding hydrogens is 305 g/mol. The standard InChI is InChI=1S/C17H20ClNO.ClH/c1-13(15-7-4-9-16(20)12-15)19-11-5-8-14-6-2-3-10-17(14)18;/h2-4,6-7,9-10,12-13,19-20H,5,8,11H2,1H3;1H/t13-;/m1./s1. The topological polar surface area (TPSA) is 32.3 Å². The Labute approximate surface area is 137 Å². The summed E-state index contributed by atoms with van der Waals surface area (Å²) in [5.41, 5.74) is 2.30. The van der Waals surface area contributed by atoms with Gasteiger partial charge < -0.3 is 10.4 Å². The second-order valence-electron chi connectivity index (χ2n) is 4.97. The summed E-state index contributed by atoms with van der Waals surface area (Å²) in [5.74, 6) is 0.312. The van der Waals surface area contributed by atoms with Crippen molar-refractivity contribution in [2.45, 2.75) is 25.8 Å². The molecule has 0 aliphatic heterocycles. The molecule has 0 amide bonds. The Morgan fingerprint density at radius 3 is 2.62 bits per heavy atom. The van der Waals surface area contributed by atoms with Gasteiger partial charge in [0, 0.05) is 11.1 Å². The first-order chi connectivity index (χ1) is 9.66. The third-order valence-corrected chi connectivity index (χ3v) is 3.77. The van der Waals surface area contributed by atoms with Crippen LogP contribution in [0.1, 0.15) is 30.5 Å². The van der Waals surface area contributed by atoms with E-state index >= 15 is 0 Å². The zero-order chi connectivity index (χ0) is 14.4. The minimum atomic E-state index is 0. The number of hydrogen-bond acceptors (Lipinski definition) is 2. The normalized spacial score (nSPS) is 11.7. The third kappa shape index (κ3) is 5.58. The van der Waals surface area contributed by atoms with Crippen LogP contribution in [-0.4, -0.2) is 11.7 Å². The van der Waals surface area contributed by atoms with Crippen molar-refractivity contribution in [2.75, 3.05) is 6.54 Å². The minimum absolute atomic E-state index is 0. The van der Waals surface area contributed by atoms with Crippen LogP contribution >= 0.6 is 24.0 Å². The molecule has 0 saturated heterocycles. The lowest BCUT2D eigenvalue weighted by molar-refractivity contribution is 0.472. The molecule has 2 rings (SSSR count). The molecule has 0 spiro atoms. The lowest BCUT2D eigenvalue weighted by atomic mass is 10.1. The van der Waals surface area contributed by atoms with E-state index in [1.165, 1.54) is 5.56 Å². The number of halogens is 2. The summed E-state index contributed by atoms with van der Waals surface area (Å²) < 4.78 is 0. The van der Waals surface area contributed by atoms with Gasteiger partial charge in [-0.15, -0.1) is 12.4 Å². The molecule has 0 bridgehead atoms. The van der Waals surface area contributed by atoms with Crippen molar-refractivity contribution in [2.24, 2.45) is 0 Å². The largest absolute Gasteiger partial charge is 0.508 e. The van der Waals surface area contributed by atoms with Crippen molar-refractivity contribution >= 4 is 24.0 Å². The summed E-state index contributed by atoms with van der Waals surface area (Å²) in [6.07, 6.45) is 2.01. The van der Waals surface area contributed by atoms with Gasteiger partial charge in [0.2, 0.25) is 0 Å². The Bertz CT molecular complexity index is 560. The number of aryl methyl sites for hydroxylation is 1. The summed E-state index contributed by atoms with van der Waals surface area (Å²) in [6.45, 7) is 3.02. The maximum Gasteiger partial charge on any atom is 0.115 e. The molecule has 4 heteroatoms. The fourth-order valence-corrected chi connectivity index (χ4v) is 2.44. The molecule has 0 saturated carbocycles. The van der Waals surface area contributed by atoms with Crippen molar-refractivity contribution < 1.29 is 5.11 Å². The monoisotopic (exact) mass is 325 g/mol. The van der Waals surface area contributed by atoms with Crippen LogP contribution in [-0.2, 0) is 6.42 Å². The van der Waals surface area contributed by atoms with E-state index in [0.717, 1.165) is 30.0 Å². The molecule has 0 aromatic heterocycles. The van der Waals surface area contributed by atoms with Crippen LogP contribution in [0.4, 0.5) is 0 Å². The summed E-state index contributed by atoms with van der Waals surface area (Å²) in [5, 5.41) is 13.8. The lowest BCUT2D eigenvalue weighted by Gasteiger charge is -2.14.